The van der Waals surface area contributed by atoms with Crippen LogP contribution in [0.2, 0.25) is 0 Å². The molecule has 0 atom stereocenters. The van der Waals surface area contributed by atoms with Crippen LogP contribution in [0, 0.1) is 11.3 Å². The van der Waals surface area contributed by atoms with Crippen molar-refractivity contribution in [2.45, 2.75) is 37.5 Å². The molecule has 5 heteroatoms. The van der Waals surface area contributed by atoms with Gasteiger partial charge in [0.2, 0.25) is 0 Å². The fraction of sp³-hybridized carbons (Fsp3) is 0.348. The number of rotatable bonds is 7. The molecule has 2 aromatic carbocycles. The van der Waals surface area contributed by atoms with Crippen molar-refractivity contribution < 1.29 is 14.3 Å². The highest BCUT2D eigenvalue weighted by Crippen LogP contribution is 2.42. The van der Waals surface area contributed by atoms with Gasteiger partial charge in [-0.05, 0) is 30.5 Å². The Morgan fingerprint density at radius 2 is 1.61 bits per heavy atom. The highest BCUT2D eigenvalue weighted by molar-refractivity contribution is 5.96. The average Bonchev–Trinajstić information content (AvgIpc) is 3.25. The number of nitrogens with zero attached hydrogens (tertiary/aromatic N) is 2. The Balaban J connectivity index is 1.71. The highest BCUT2D eigenvalue weighted by atomic mass is 16.5. The second-order valence-corrected chi connectivity index (χ2v) is 7.02. The standard InChI is InChI=1S/C23H24N2O3/c24-16-9-17-25(20-12-5-2-6-13-20)21(26)18-28-22(27)23(14-7-8-15-23)19-10-3-1-4-11-19/h1-6,10-13H,7-9,14-15,17-18H2. The summed E-state index contributed by atoms with van der Waals surface area (Å²) in [7, 11) is 0. The van der Waals surface area contributed by atoms with E-state index in [0.29, 0.717) is 5.69 Å². The van der Waals surface area contributed by atoms with Crippen LogP contribution >= 0.6 is 0 Å². The number of nitriles is 1. The van der Waals surface area contributed by atoms with Crippen molar-refractivity contribution in [3.8, 4) is 6.07 Å². The Bertz CT molecular complexity index is 837. The van der Waals surface area contributed by atoms with Gasteiger partial charge in [0.15, 0.2) is 6.61 Å². The average molecular weight is 376 g/mol. The third kappa shape index (κ3) is 4.23. The molecule has 0 bridgehead atoms. The summed E-state index contributed by atoms with van der Waals surface area (Å²) in [6.07, 6.45) is 3.62. The van der Waals surface area contributed by atoms with Gasteiger partial charge in [0.05, 0.1) is 17.9 Å². The van der Waals surface area contributed by atoms with Crippen molar-refractivity contribution >= 4 is 17.6 Å². The van der Waals surface area contributed by atoms with Crippen LogP contribution in [0.1, 0.15) is 37.7 Å². The maximum atomic E-state index is 13.0. The topological polar surface area (TPSA) is 70.4 Å². The Morgan fingerprint density at radius 1 is 1.00 bits per heavy atom. The molecular weight excluding hydrogens is 352 g/mol. The number of carbonyl (C=O) groups excluding carboxylic acids is 2. The molecule has 28 heavy (non-hydrogen) atoms. The van der Waals surface area contributed by atoms with Gasteiger partial charge in [-0.15, -0.1) is 0 Å². The second-order valence-electron chi connectivity index (χ2n) is 7.02. The molecule has 1 saturated carbocycles. The van der Waals surface area contributed by atoms with Gasteiger partial charge in [0.25, 0.3) is 5.91 Å². The summed E-state index contributed by atoms with van der Waals surface area (Å²) < 4.78 is 5.51. The van der Waals surface area contributed by atoms with Gasteiger partial charge in [-0.1, -0.05) is 61.4 Å². The Hall–Kier alpha value is -3.13. The molecular formula is C23H24N2O3. The predicted molar refractivity (Wildman–Crippen MR) is 107 cm³/mol. The van der Waals surface area contributed by atoms with Crippen LogP contribution in [0.4, 0.5) is 5.69 Å². The Labute approximate surface area is 165 Å². The molecule has 2 aromatic rings. The van der Waals surface area contributed by atoms with Gasteiger partial charge in [0, 0.05) is 12.2 Å². The lowest BCUT2D eigenvalue weighted by molar-refractivity contribution is -0.153. The molecule has 0 saturated heterocycles. The zero-order chi connectivity index (χ0) is 19.8. The van der Waals surface area contributed by atoms with E-state index in [0.717, 1.165) is 31.2 Å². The predicted octanol–water partition coefficient (Wildman–Crippen LogP) is 3.99. The van der Waals surface area contributed by atoms with E-state index in [2.05, 4.69) is 6.07 Å². The molecule has 3 rings (SSSR count). The zero-order valence-electron chi connectivity index (χ0n) is 15.8. The first-order chi connectivity index (χ1) is 13.7. The van der Waals surface area contributed by atoms with Crippen molar-refractivity contribution in [1.29, 1.82) is 5.26 Å². The fourth-order valence-corrected chi connectivity index (χ4v) is 3.86. The highest BCUT2D eigenvalue weighted by Gasteiger charge is 2.44. The van der Waals surface area contributed by atoms with Crippen LogP contribution in [0.15, 0.2) is 60.7 Å². The quantitative estimate of drug-likeness (QED) is 0.685. The molecule has 144 valence electrons. The van der Waals surface area contributed by atoms with Crippen LogP contribution in [-0.4, -0.2) is 25.0 Å². The minimum atomic E-state index is -0.661. The summed E-state index contributed by atoms with van der Waals surface area (Å²) in [4.78, 5) is 27.2. The summed E-state index contributed by atoms with van der Waals surface area (Å²) in [5.74, 6) is -0.658. The minimum absolute atomic E-state index is 0.211. The molecule has 0 aliphatic heterocycles. The summed E-state index contributed by atoms with van der Waals surface area (Å²) in [6, 6.07) is 20.9. The molecule has 1 aliphatic carbocycles. The van der Waals surface area contributed by atoms with Gasteiger partial charge < -0.3 is 9.64 Å². The van der Waals surface area contributed by atoms with E-state index in [1.54, 1.807) is 12.1 Å². The number of esters is 1. The molecule has 1 aliphatic rings. The number of amides is 1. The third-order valence-electron chi connectivity index (χ3n) is 5.32. The molecule has 1 amide bonds. The number of hydrogen-bond acceptors (Lipinski definition) is 4. The van der Waals surface area contributed by atoms with E-state index < -0.39 is 5.41 Å². The van der Waals surface area contributed by atoms with E-state index in [-0.39, 0.29) is 31.4 Å². The number of hydrogen-bond donors (Lipinski definition) is 0. The normalized spacial score (nSPS) is 14.8. The number of anilines is 1. The summed E-state index contributed by atoms with van der Waals surface area (Å²) in [6.45, 7) is -0.0610. The first-order valence-corrected chi connectivity index (χ1v) is 9.62. The van der Waals surface area contributed by atoms with Gasteiger partial charge in [-0.25, -0.2) is 0 Å². The van der Waals surface area contributed by atoms with Crippen molar-refractivity contribution in [3.05, 3.63) is 66.2 Å². The minimum Gasteiger partial charge on any atom is -0.455 e. The zero-order valence-corrected chi connectivity index (χ0v) is 15.8. The lowest BCUT2D eigenvalue weighted by Crippen LogP contribution is -2.39. The van der Waals surface area contributed by atoms with E-state index in [4.69, 9.17) is 10.00 Å². The Kier molecular flexibility index (Phi) is 6.44. The van der Waals surface area contributed by atoms with Crippen molar-refractivity contribution in [1.82, 2.24) is 0 Å². The lowest BCUT2D eigenvalue weighted by Gasteiger charge is -2.28. The molecule has 0 radical (unpaired) electrons. The Morgan fingerprint density at radius 3 is 2.21 bits per heavy atom. The van der Waals surface area contributed by atoms with Gasteiger partial charge in [-0.2, -0.15) is 5.26 Å². The van der Waals surface area contributed by atoms with Crippen LogP contribution in [0.5, 0.6) is 0 Å². The molecule has 0 aromatic heterocycles. The smallest absolute Gasteiger partial charge is 0.317 e. The number of ether oxygens (including phenoxy) is 1. The van der Waals surface area contributed by atoms with E-state index >= 15 is 0 Å². The first-order valence-electron chi connectivity index (χ1n) is 9.62. The number of para-hydroxylation sites is 1. The second kappa shape index (κ2) is 9.18. The maximum absolute atomic E-state index is 13.0. The van der Waals surface area contributed by atoms with Crippen LogP contribution < -0.4 is 4.90 Å². The van der Waals surface area contributed by atoms with Gasteiger partial charge in [-0.3, -0.25) is 9.59 Å². The summed E-state index contributed by atoms with van der Waals surface area (Å²) in [5.41, 5.74) is 0.984. The summed E-state index contributed by atoms with van der Waals surface area (Å²) in [5, 5.41) is 8.89. The molecule has 1 fully saturated rings. The van der Waals surface area contributed by atoms with Crippen LogP contribution in [0.25, 0.3) is 0 Å². The van der Waals surface area contributed by atoms with E-state index in [9.17, 15) is 9.59 Å². The molecule has 0 heterocycles. The van der Waals surface area contributed by atoms with Gasteiger partial charge in [0.1, 0.15) is 0 Å². The number of benzene rings is 2. The monoisotopic (exact) mass is 376 g/mol. The van der Waals surface area contributed by atoms with Crippen molar-refractivity contribution in [2.75, 3.05) is 18.1 Å². The molecule has 0 N–H and O–H groups in total. The van der Waals surface area contributed by atoms with Gasteiger partial charge >= 0.3 is 5.97 Å². The largest absolute Gasteiger partial charge is 0.455 e. The molecule has 0 spiro atoms. The van der Waals surface area contributed by atoms with Crippen LogP contribution in [-0.2, 0) is 19.7 Å². The van der Waals surface area contributed by atoms with Crippen molar-refractivity contribution in [3.63, 3.8) is 0 Å². The maximum Gasteiger partial charge on any atom is 0.317 e. The molecule has 0 unspecified atom stereocenters. The van der Waals surface area contributed by atoms with E-state index in [1.807, 2.05) is 48.5 Å². The van der Waals surface area contributed by atoms with Crippen LogP contribution in [0.3, 0.4) is 0 Å². The summed E-state index contributed by atoms with van der Waals surface area (Å²) >= 11 is 0. The first kappa shape index (κ1) is 19.6. The fourth-order valence-electron chi connectivity index (χ4n) is 3.86. The number of carbonyl (C=O) groups is 2. The molecule has 5 nitrogen and oxygen atoms in total. The van der Waals surface area contributed by atoms with Crippen molar-refractivity contribution in [2.24, 2.45) is 0 Å². The SMILES string of the molecule is N#CCCN(C(=O)COC(=O)C1(c2ccccc2)CCCC1)c1ccccc1. The lowest BCUT2D eigenvalue weighted by atomic mass is 9.79. The van der Waals surface area contributed by atoms with E-state index in [1.165, 1.54) is 4.90 Å². The third-order valence-corrected chi connectivity index (χ3v) is 5.32.